The van der Waals surface area contributed by atoms with Crippen LogP contribution in [0.2, 0.25) is 0 Å². The summed E-state index contributed by atoms with van der Waals surface area (Å²) in [5, 5.41) is 9.61. The molecule has 2 aromatic heterocycles. The number of aliphatic carboxylic acids is 1. The Bertz CT molecular complexity index is 891. The van der Waals surface area contributed by atoms with Gasteiger partial charge in [-0.25, -0.2) is 0 Å². The van der Waals surface area contributed by atoms with Gasteiger partial charge in [0, 0.05) is 23.6 Å². The fourth-order valence-electron chi connectivity index (χ4n) is 2.57. The summed E-state index contributed by atoms with van der Waals surface area (Å²) in [6.07, 6.45) is 3.50. The zero-order valence-corrected chi connectivity index (χ0v) is 12.1. The van der Waals surface area contributed by atoms with E-state index in [2.05, 4.69) is 0 Å². The van der Waals surface area contributed by atoms with E-state index in [0.717, 1.165) is 5.56 Å². The maximum absolute atomic E-state index is 12.6. The molecule has 0 aliphatic rings. The van der Waals surface area contributed by atoms with Gasteiger partial charge in [0.05, 0.1) is 11.8 Å². The summed E-state index contributed by atoms with van der Waals surface area (Å²) in [6.45, 7) is 1.71. The van der Waals surface area contributed by atoms with Gasteiger partial charge < -0.3 is 14.1 Å². The predicted molar refractivity (Wildman–Crippen MR) is 82.1 cm³/mol. The Morgan fingerprint density at radius 3 is 2.82 bits per heavy atom. The number of nitrogens with zero attached hydrogens (tertiary/aromatic N) is 1. The number of furan rings is 1. The summed E-state index contributed by atoms with van der Waals surface area (Å²) in [4.78, 5) is 23.7. The summed E-state index contributed by atoms with van der Waals surface area (Å²) in [6, 6.07) is 9.00. The molecule has 1 N–H and O–H groups in total. The minimum atomic E-state index is -0.950. The summed E-state index contributed by atoms with van der Waals surface area (Å²) in [7, 11) is 0. The van der Waals surface area contributed by atoms with Crippen LogP contribution in [0.5, 0.6) is 0 Å². The summed E-state index contributed by atoms with van der Waals surface area (Å²) in [5.74, 6) is -0.277. The first kappa shape index (κ1) is 14.1. The van der Waals surface area contributed by atoms with Crippen LogP contribution >= 0.6 is 0 Å². The quantitative estimate of drug-likeness (QED) is 0.803. The molecule has 0 fully saturated rings. The summed E-state index contributed by atoms with van der Waals surface area (Å²) in [5.41, 5.74) is 2.02. The molecule has 0 atom stereocenters. The molecule has 22 heavy (non-hydrogen) atoms. The zero-order chi connectivity index (χ0) is 15.7. The van der Waals surface area contributed by atoms with E-state index in [4.69, 9.17) is 9.52 Å². The number of aromatic nitrogens is 1. The smallest absolute Gasteiger partial charge is 0.323 e. The number of carboxylic acids is 1. The molecule has 0 radical (unpaired) electrons. The van der Waals surface area contributed by atoms with E-state index in [-0.39, 0.29) is 12.0 Å². The fourth-order valence-corrected chi connectivity index (χ4v) is 2.57. The summed E-state index contributed by atoms with van der Waals surface area (Å²) < 4.78 is 6.88. The molecule has 0 bridgehead atoms. The van der Waals surface area contributed by atoms with Crippen molar-refractivity contribution in [2.75, 3.05) is 0 Å². The SMILES string of the molecule is Cc1ccc2c(c1)c(=O)c(Cc1ccco1)cn2CC(=O)O. The van der Waals surface area contributed by atoms with Gasteiger partial charge in [0.2, 0.25) is 0 Å². The third-order valence-electron chi connectivity index (χ3n) is 3.56. The van der Waals surface area contributed by atoms with Crippen molar-refractivity contribution < 1.29 is 14.3 Å². The number of carbonyl (C=O) groups is 1. The first-order chi connectivity index (χ1) is 10.5. The third-order valence-corrected chi connectivity index (χ3v) is 3.56. The molecule has 2 heterocycles. The molecule has 0 saturated heterocycles. The minimum Gasteiger partial charge on any atom is -0.480 e. The Balaban J connectivity index is 2.21. The number of benzene rings is 1. The molecule has 0 aliphatic carbocycles. The van der Waals surface area contributed by atoms with Gasteiger partial charge in [-0.05, 0) is 31.2 Å². The van der Waals surface area contributed by atoms with Gasteiger partial charge in [-0.15, -0.1) is 0 Å². The average molecular weight is 297 g/mol. The zero-order valence-electron chi connectivity index (χ0n) is 12.1. The number of rotatable bonds is 4. The maximum Gasteiger partial charge on any atom is 0.323 e. The standard InChI is InChI=1S/C17H15NO4/c1-11-4-5-15-14(7-11)17(21)12(8-13-3-2-6-22-13)9-18(15)10-16(19)20/h2-7,9H,8,10H2,1H3,(H,19,20). The Hall–Kier alpha value is -2.82. The van der Waals surface area contributed by atoms with Gasteiger partial charge in [-0.3, -0.25) is 9.59 Å². The monoisotopic (exact) mass is 297 g/mol. The molecule has 112 valence electrons. The minimum absolute atomic E-state index is 0.0864. The molecule has 3 aromatic rings. The highest BCUT2D eigenvalue weighted by atomic mass is 16.4. The van der Waals surface area contributed by atoms with Gasteiger partial charge in [0.15, 0.2) is 5.43 Å². The molecule has 5 nitrogen and oxygen atoms in total. The Morgan fingerprint density at radius 1 is 1.32 bits per heavy atom. The second-order valence-corrected chi connectivity index (χ2v) is 5.28. The van der Waals surface area contributed by atoms with Crippen LogP contribution in [0.1, 0.15) is 16.9 Å². The van der Waals surface area contributed by atoms with Crippen LogP contribution in [0.25, 0.3) is 10.9 Å². The Kier molecular flexibility index (Phi) is 3.55. The highest BCUT2D eigenvalue weighted by Gasteiger charge is 2.12. The largest absolute Gasteiger partial charge is 0.480 e. The van der Waals surface area contributed by atoms with Gasteiger partial charge >= 0.3 is 5.97 Å². The normalized spacial score (nSPS) is 11.0. The number of fused-ring (bicyclic) bond motifs is 1. The Labute approximate surface area is 126 Å². The van der Waals surface area contributed by atoms with Crippen LogP contribution in [0, 0.1) is 6.92 Å². The van der Waals surface area contributed by atoms with E-state index in [0.29, 0.717) is 28.6 Å². The Morgan fingerprint density at radius 2 is 2.14 bits per heavy atom. The second-order valence-electron chi connectivity index (χ2n) is 5.28. The molecule has 0 spiro atoms. The lowest BCUT2D eigenvalue weighted by Crippen LogP contribution is -2.18. The number of hydrogen-bond donors (Lipinski definition) is 1. The molecule has 0 unspecified atom stereocenters. The van der Waals surface area contributed by atoms with Crippen LogP contribution in [-0.4, -0.2) is 15.6 Å². The van der Waals surface area contributed by atoms with E-state index < -0.39 is 5.97 Å². The van der Waals surface area contributed by atoms with E-state index in [1.54, 1.807) is 41.3 Å². The van der Waals surface area contributed by atoms with E-state index in [9.17, 15) is 9.59 Å². The van der Waals surface area contributed by atoms with Crippen molar-refractivity contribution in [1.82, 2.24) is 4.57 Å². The van der Waals surface area contributed by atoms with Crippen LogP contribution < -0.4 is 5.43 Å². The van der Waals surface area contributed by atoms with Crippen molar-refractivity contribution >= 4 is 16.9 Å². The summed E-state index contributed by atoms with van der Waals surface area (Å²) >= 11 is 0. The second kappa shape index (κ2) is 5.52. The average Bonchev–Trinajstić information content (AvgIpc) is 2.96. The highest BCUT2D eigenvalue weighted by molar-refractivity contribution is 5.82. The maximum atomic E-state index is 12.6. The van der Waals surface area contributed by atoms with Crippen molar-refractivity contribution in [2.45, 2.75) is 19.9 Å². The number of hydrogen-bond acceptors (Lipinski definition) is 3. The van der Waals surface area contributed by atoms with Crippen molar-refractivity contribution in [3.63, 3.8) is 0 Å². The number of carboxylic acid groups (broad SMARTS) is 1. The van der Waals surface area contributed by atoms with Gasteiger partial charge in [-0.1, -0.05) is 11.6 Å². The lowest BCUT2D eigenvalue weighted by Gasteiger charge is -2.11. The van der Waals surface area contributed by atoms with Crippen molar-refractivity contribution in [3.05, 3.63) is 69.9 Å². The molecule has 3 rings (SSSR count). The van der Waals surface area contributed by atoms with Crippen LogP contribution in [0.4, 0.5) is 0 Å². The lowest BCUT2D eigenvalue weighted by atomic mass is 10.1. The molecule has 5 heteroatoms. The highest BCUT2D eigenvalue weighted by Crippen LogP contribution is 2.16. The number of aryl methyl sites for hydroxylation is 1. The fraction of sp³-hybridized carbons (Fsp3) is 0.176. The molecule has 0 amide bonds. The van der Waals surface area contributed by atoms with Crippen molar-refractivity contribution in [3.8, 4) is 0 Å². The van der Waals surface area contributed by atoms with Gasteiger partial charge in [0.25, 0.3) is 0 Å². The first-order valence-corrected chi connectivity index (χ1v) is 6.91. The van der Waals surface area contributed by atoms with Crippen LogP contribution in [0.15, 0.2) is 52.0 Å². The van der Waals surface area contributed by atoms with E-state index in [1.807, 2.05) is 13.0 Å². The van der Waals surface area contributed by atoms with Gasteiger partial charge in [0.1, 0.15) is 12.3 Å². The van der Waals surface area contributed by atoms with Crippen molar-refractivity contribution in [2.24, 2.45) is 0 Å². The molecular formula is C17H15NO4. The van der Waals surface area contributed by atoms with Crippen LogP contribution in [0.3, 0.4) is 0 Å². The van der Waals surface area contributed by atoms with E-state index >= 15 is 0 Å². The van der Waals surface area contributed by atoms with Gasteiger partial charge in [-0.2, -0.15) is 0 Å². The molecule has 0 saturated carbocycles. The molecule has 1 aromatic carbocycles. The molecule has 0 aliphatic heterocycles. The topological polar surface area (TPSA) is 72.4 Å². The predicted octanol–water partition coefficient (Wildman–Crippen LogP) is 2.58. The third kappa shape index (κ3) is 2.65. The first-order valence-electron chi connectivity index (χ1n) is 6.91. The van der Waals surface area contributed by atoms with E-state index in [1.165, 1.54) is 0 Å². The molecular weight excluding hydrogens is 282 g/mol. The van der Waals surface area contributed by atoms with Crippen molar-refractivity contribution in [1.29, 1.82) is 0 Å². The van der Waals surface area contributed by atoms with Crippen LogP contribution in [-0.2, 0) is 17.8 Å². The number of pyridine rings is 1. The lowest BCUT2D eigenvalue weighted by molar-refractivity contribution is -0.137.